The molecule has 0 saturated heterocycles. The molecule has 2 aromatic heterocycles. The second kappa shape index (κ2) is 5.22. The molecule has 3 rings (SSSR count). The van der Waals surface area contributed by atoms with Gasteiger partial charge in [0.15, 0.2) is 0 Å². The van der Waals surface area contributed by atoms with Gasteiger partial charge in [0.1, 0.15) is 0 Å². The molecule has 2 heterocycles. The van der Waals surface area contributed by atoms with Gasteiger partial charge in [-0.3, -0.25) is 4.98 Å². The van der Waals surface area contributed by atoms with Gasteiger partial charge in [-0.05, 0) is 30.7 Å². The molecule has 0 aliphatic rings. The van der Waals surface area contributed by atoms with Crippen LogP contribution in [0.25, 0.3) is 11.0 Å². The zero-order valence-corrected chi connectivity index (χ0v) is 11.1. The van der Waals surface area contributed by atoms with Crippen molar-refractivity contribution in [1.29, 1.82) is 0 Å². The monoisotopic (exact) mass is 251 g/mol. The highest BCUT2D eigenvalue weighted by Gasteiger charge is 2.03. The Kier molecular flexibility index (Phi) is 3.27. The Morgan fingerprint density at radius 2 is 1.84 bits per heavy atom. The Labute approximate surface area is 112 Å². The first-order chi connectivity index (χ1) is 9.36. The molecule has 0 fully saturated rings. The summed E-state index contributed by atoms with van der Waals surface area (Å²) < 4.78 is 2.15. The zero-order chi connectivity index (χ0) is 13.1. The van der Waals surface area contributed by atoms with Crippen LogP contribution in [0, 0.1) is 0 Å². The predicted molar refractivity (Wildman–Crippen MR) is 77.1 cm³/mol. The largest absolute Gasteiger partial charge is 0.324 e. The molecule has 96 valence electrons. The van der Waals surface area contributed by atoms with Crippen LogP contribution in [0.2, 0.25) is 0 Å². The molecule has 0 bridgehead atoms. The summed E-state index contributed by atoms with van der Waals surface area (Å²) in [6.07, 6.45) is 4.06. The minimum Gasteiger partial charge on any atom is -0.324 e. The quantitative estimate of drug-likeness (QED) is 0.711. The number of imidazole rings is 1. The molecule has 0 atom stereocenters. The van der Waals surface area contributed by atoms with E-state index in [0.29, 0.717) is 0 Å². The lowest BCUT2D eigenvalue weighted by atomic mass is 10.2. The maximum Gasteiger partial charge on any atom is 0.0962 e. The van der Waals surface area contributed by atoms with Crippen molar-refractivity contribution in [2.45, 2.75) is 26.3 Å². The van der Waals surface area contributed by atoms with Crippen molar-refractivity contribution in [3.63, 3.8) is 0 Å². The molecule has 0 amide bonds. The van der Waals surface area contributed by atoms with E-state index in [1.165, 1.54) is 5.69 Å². The molecular formula is C16H17N3. The molecule has 3 nitrogen and oxygen atoms in total. The van der Waals surface area contributed by atoms with Crippen molar-refractivity contribution in [2.75, 3.05) is 0 Å². The molecule has 0 saturated carbocycles. The maximum absolute atomic E-state index is 4.70. The number of fused-ring (bicyclic) bond motifs is 1. The Bertz CT molecular complexity index is 685. The molecule has 3 heteroatoms. The lowest BCUT2D eigenvalue weighted by Crippen LogP contribution is -2.02. The summed E-state index contributed by atoms with van der Waals surface area (Å²) in [5.74, 6) is 0. The number of aryl methyl sites for hydroxylation is 1. The molecule has 1 aromatic carbocycles. The summed E-state index contributed by atoms with van der Waals surface area (Å²) in [4.78, 5) is 9.10. The summed E-state index contributed by atoms with van der Waals surface area (Å²) in [6, 6.07) is 14.5. The maximum atomic E-state index is 4.70. The zero-order valence-electron chi connectivity index (χ0n) is 11.1. The summed E-state index contributed by atoms with van der Waals surface area (Å²) in [7, 11) is 0. The van der Waals surface area contributed by atoms with Gasteiger partial charge < -0.3 is 4.57 Å². The number of hydrogen-bond acceptors (Lipinski definition) is 2. The average molecular weight is 251 g/mol. The van der Waals surface area contributed by atoms with Gasteiger partial charge in [-0.1, -0.05) is 31.5 Å². The third-order valence-electron chi connectivity index (χ3n) is 3.23. The summed E-state index contributed by atoms with van der Waals surface area (Å²) in [5, 5.41) is 0. The highest BCUT2D eigenvalue weighted by Crippen LogP contribution is 2.13. The Balaban J connectivity index is 1.90. The Hall–Kier alpha value is -2.16. The van der Waals surface area contributed by atoms with Gasteiger partial charge in [0.2, 0.25) is 0 Å². The number of nitrogens with zero attached hydrogens (tertiary/aromatic N) is 3. The fourth-order valence-electron chi connectivity index (χ4n) is 2.32. The third kappa shape index (κ3) is 2.50. The van der Waals surface area contributed by atoms with Crippen LogP contribution in [0.15, 0.2) is 48.8 Å². The highest BCUT2D eigenvalue weighted by atomic mass is 15.0. The number of pyridine rings is 1. The van der Waals surface area contributed by atoms with Crippen LogP contribution in [0.5, 0.6) is 0 Å². The Morgan fingerprint density at radius 1 is 1.00 bits per heavy atom. The lowest BCUT2D eigenvalue weighted by molar-refractivity contribution is 0.778. The number of para-hydroxylation sites is 2. The minimum atomic E-state index is 0.776. The van der Waals surface area contributed by atoms with Crippen LogP contribution < -0.4 is 0 Å². The van der Waals surface area contributed by atoms with Crippen LogP contribution in [0.3, 0.4) is 0 Å². The number of rotatable bonds is 4. The van der Waals surface area contributed by atoms with E-state index in [2.05, 4.69) is 40.7 Å². The van der Waals surface area contributed by atoms with Gasteiger partial charge in [-0.15, -0.1) is 0 Å². The molecule has 0 radical (unpaired) electrons. The molecule has 0 aliphatic heterocycles. The summed E-state index contributed by atoms with van der Waals surface area (Å²) in [6.45, 7) is 2.95. The van der Waals surface area contributed by atoms with Crippen LogP contribution in [0.1, 0.15) is 24.7 Å². The molecular weight excluding hydrogens is 234 g/mol. The van der Waals surface area contributed by atoms with Gasteiger partial charge >= 0.3 is 0 Å². The standard InChI is InChI=1S/C16H17N3/c1-2-6-13-7-5-8-14(18-13)11-19-12-17-15-9-3-4-10-16(15)19/h3-5,7-10,12H,2,6,11H2,1H3. The van der Waals surface area contributed by atoms with Gasteiger partial charge in [-0.2, -0.15) is 0 Å². The SMILES string of the molecule is CCCc1cccc(Cn2cnc3ccccc32)n1. The Morgan fingerprint density at radius 3 is 2.74 bits per heavy atom. The van der Waals surface area contributed by atoms with E-state index in [1.54, 1.807) is 0 Å². The second-order valence-electron chi connectivity index (χ2n) is 4.73. The molecule has 0 unspecified atom stereocenters. The molecule has 0 aliphatic carbocycles. The van der Waals surface area contributed by atoms with Crippen LogP contribution >= 0.6 is 0 Å². The van der Waals surface area contributed by atoms with Crippen molar-refractivity contribution in [2.24, 2.45) is 0 Å². The first-order valence-electron chi connectivity index (χ1n) is 6.71. The fraction of sp³-hybridized carbons (Fsp3) is 0.250. The van der Waals surface area contributed by atoms with Gasteiger partial charge in [0.25, 0.3) is 0 Å². The summed E-state index contributed by atoms with van der Waals surface area (Å²) >= 11 is 0. The van der Waals surface area contributed by atoms with Crippen LogP contribution in [-0.2, 0) is 13.0 Å². The normalized spacial score (nSPS) is 11.0. The van der Waals surface area contributed by atoms with Crippen molar-refractivity contribution < 1.29 is 0 Å². The van der Waals surface area contributed by atoms with E-state index in [0.717, 1.165) is 36.1 Å². The topological polar surface area (TPSA) is 30.7 Å². The molecule has 0 N–H and O–H groups in total. The van der Waals surface area contributed by atoms with Crippen molar-refractivity contribution >= 4 is 11.0 Å². The van der Waals surface area contributed by atoms with E-state index >= 15 is 0 Å². The number of aromatic nitrogens is 3. The van der Waals surface area contributed by atoms with E-state index in [1.807, 2.05) is 24.5 Å². The molecule has 0 spiro atoms. The van der Waals surface area contributed by atoms with E-state index in [4.69, 9.17) is 4.98 Å². The van der Waals surface area contributed by atoms with Gasteiger partial charge in [-0.25, -0.2) is 4.98 Å². The first-order valence-corrected chi connectivity index (χ1v) is 6.71. The van der Waals surface area contributed by atoms with E-state index < -0.39 is 0 Å². The third-order valence-corrected chi connectivity index (χ3v) is 3.23. The fourth-order valence-corrected chi connectivity index (χ4v) is 2.32. The minimum absolute atomic E-state index is 0.776. The predicted octanol–water partition coefficient (Wildman–Crippen LogP) is 3.43. The van der Waals surface area contributed by atoms with Gasteiger partial charge in [0.05, 0.1) is 29.6 Å². The number of hydrogen-bond donors (Lipinski definition) is 0. The lowest BCUT2D eigenvalue weighted by Gasteiger charge is -2.06. The second-order valence-corrected chi connectivity index (χ2v) is 4.73. The van der Waals surface area contributed by atoms with E-state index in [9.17, 15) is 0 Å². The van der Waals surface area contributed by atoms with Crippen LogP contribution in [-0.4, -0.2) is 14.5 Å². The number of benzene rings is 1. The summed E-state index contributed by atoms with van der Waals surface area (Å²) in [5.41, 5.74) is 4.45. The van der Waals surface area contributed by atoms with Gasteiger partial charge in [0, 0.05) is 5.69 Å². The van der Waals surface area contributed by atoms with Crippen molar-refractivity contribution in [1.82, 2.24) is 14.5 Å². The van der Waals surface area contributed by atoms with E-state index in [-0.39, 0.29) is 0 Å². The first kappa shape index (κ1) is 11.9. The smallest absolute Gasteiger partial charge is 0.0962 e. The molecule has 19 heavy (non-hydrogen) atoms. The highest BCUT2D eigenvalue weighted by molar-refractivity contribution is 5.74. The molecule has 3 aromatic rings. The average Bonchev–Trinajstić information content (AvgIpc) is 2.83. The van der Waals surface area contributed by atoms with Crippen molar-refractivity contribution in [3.8, 4) is 0 Å². The van der Waals surface area contributed by atoms with Crippen molar-refractivity contribution in [3.05, 3.63) is 60.2 Å². The van der Waals surface area contributed by atoms with Crippen LogP contribution in [0.4, 0.5) is 0 Å².